The highest BCUT2D eigenvalue weighted by Gasteiger charge is 2.70. The molecule has 16 aliphatic rings. The van der Waals surface area contributed by atoms with Gasteiger partial charge < -0.3 is 81.3 Å². The molecule has 0 amide bonds. The molecule has 0 radical (unpaired) electrons. The van der Waals surface area contributed by atoms with Crippen molar-refractivity contribution in [1.82, 2.24) is 0 Å². The summed E-state index contributed by atoms with van der Waals surface area (Å²) >= 11 is 0. The van der Waals surface area contributed by atoms with Crippen LogP contribution in [0.15, 0.2) is 24.3 Å². The van der Waals surface area contributed by atoms with Crippen LogP contribution >= 0.6 is 0 Å². The van der Waals surface area contributed by atoms with Crippen LogP contribution in [0.3, 0.4) is 0 Å². The lowest BCUT2D eigenvalue weighted by molar-refractivity contribution is -0.371. The van der Waals surface area contributed by atoms with Crippen LogP contribution < -0.4 is 0 Å². The lowest BCUT2D eigenvalue weighted by Crippen LogP contribution is -2.62. The summed E-state index contributed by atoms with van der Waals surface area (Å²) in [5.41, 5.74) is 2.15. The zero-order valence-electron chi connectivity index (χ0n) is 47.1. The molecule has 12 bridgehead atoms. The van der Waals surface area contributed by atoms with E-state index in [1.165, 1.54) is 0 Å². The lowest BCUT2D eigenvalue weighted by atomic mass is 9.78. The first-order valence-electron chi connectivity index (χ1n) is 31.2. The van der Waals surface area contributed by atoms with Crippen LogP contribution in [-0.4, -0.2) is 192 Å². The van der Waals surface area contributed by atoms with Crippen molar-refractivity contribution in [2.24, 2.45) is 23.7 Å². The number of Topliss-reactive ketones (excluding diaryl/α,β-unsaturated/α-hetero) is 1. The van der Waals surface area contributed by atoms with Gasteiger partial charge in [0.1, 0.15) is 42.4 Å². The monoisotopic (exact) mass is 1120 g/mol. The summed E-state index contributed by atoms with van der Waals surface area (Å²) in [4.78, 5) is 27.0. The molecular formula is C61H86O19. The summed E-state index contributed by atoms with van der Waals surface area (Å²) in [5.74, 6) is -3.05. The fourth-order valence-electron chi connectivity index (χ4n) is 18.3. The predicted octanol–water partition coefficient (Wildman–Crippen LogP) is 5.52. The first kappa shape index (κ1) is 54.6. The molecule has 0 saturated carbocycles. The Bertz CT molecular complexity index is 2410. The van der Waals surface area contributed by atoms with E-state index in [4.69, 9.17) is 71.1 Å². The molecule has 16 heterocycles. The number of rotatable bonds is 4. The Morgan fingerprint density at radius 3 is 2.05 bits per heavy atom. The standard InChI is InChI=1S/C61H86O19/c1-27-15-34-7-9-38-28(2)16-36(66-38)11-13-59-25-47-55(79-59)56-57(73-47)58(80-59)54-39(70-56)10-8-35(68-54)18-49(65)74-53-32(6)52-44(69-43(53)20-40(67-34)31(27)5)21-42-46(72-52)24-61(75-42)26-48-51(78-61)30(4)23-60(77-48)22-29(3)50-45(76-60)19-37(64)41(71-50)17-33(63)12-14-62/h27,29-30,32,34-48,50-58,62,64H,2,5,7-26H2,1,3-4,6H3/t27-,29+,30+,32+,34+,35-,36+,37-,38+,39?,40-,41-,42?,43?,44?,45?,46?,47+,48?,50?,51?,52?,53?,54?,55+,56+,57-,58+,59+,60-,61+/m1/s1. The molecule has 16 rings (SSSR count). The van der Waals surface area contributed by atoms with Gasteiger partial charge in [-0.05, 0) is 73.8 Å². The molecule has 19 heteroatoms. The highest BCUT2D eigenvalue weighted by molar-refractivity contribution is 5.79. The van der Waals surface area contributed by atoms with Crippen LogP contribution in [0.2, 0.25) is 0 Å². The molecule has 0 aromatic heterocycles. The third kappa shape index (κ3) is 9.51. The van der Waals surface area contributed by atoms with E-state index in [0.29, 0.717) is 64.2 Å². The fourth-order valence-corrected chi connectivity index (χ4v) is 18.3. The average Bonchev–Trinajstić information content (AvgIpc) is 4.36. The number of esters is 1. The van der Waals surface area contributed by atoms with Crippen LogP contribution in [0.25, 0.3) is 0 Å². The summed E-state index contributed by atoms with van der Waals surface area (Å²) in [7, 11) is 0. The minimum Gasteiger partial charge on any atom is -0.459 e. The van der Waals surface area contributed by atoms with Crippen molar-refractivity contribution in [1.29, 1.82) is 0 Å². The van der Waals surface area contributed by atoms with Crippen molar-refractivity contribution in [3.63, 3.8) is 0 Å². The minimum absolute atomic E-state index is 0.0122. The maximum atomic E-state index is 14.6. The zero-order valence-corrected chi connectivity index (χ0v) is 47.1. The van der Waals surface area contributed by atoms with E-state index in [9.17, 15) is 19.8 Å². The van der Waals surface area contributed by atoms with E-state index in [-0.39, 0.29) is 159 Å². The molecule has 444 valence electrons. The van der Waals surface area contributed by atoms with Gasteiger partial charge in [0.2, 0.25) is 0 Å². The van der Waals surface area contributed by atoms with Gasteiger partial charge in [0.15, 0.2) is 17.4 Å². The summed E-state index contributed by atoms with van der Waals surface area (Å²) in [6.45, 7) is 17.6. The predicted molar refractivity (Wildman–Crippen MR) is 277 cm³/mol. The second-order valence-electron chi connectivity index (χ2n) is 27.7. The lowest BCUT2D eigenvalue weighted by Gasteiger charge is -2.54. The highest BCUT2D eigenvalue weighted by atomic mass is 16.8. The maximum absolute atomic E-state index is 14.6. The van der Waals surface area contributed by atoms with E-state index in [2.05, 4.69) is 40.9 Å². The Labute approximate surface area is 469 Å². The molecule has 0 aliphatic carbocycles. The van der Waals surface area contributed by atoms with Crippen molar-refractivity contribution in [2.75, 3.05) is 6.61 Å². The number of carbonyl (C=O) groups is 2. The Morgan fingerprint density at radius 1 is 0.525 bits per heavy atom. The Kier molecular flexibility index (Phi) is 14.0. The first-order valence-corrected chi connectivity index (χ1v) is 31.2. The smallest absolute Gasteiger partial charge is 0.308 e. The van der Waals surface area contributed by atoms with Crippen molar-refractivity contribution < 1.29 is 90.9 Å². The van der Waals surface area contributed by atoms with Gasteiger partial charge in [-0.1, -0.05) is 40.9 Å². The van der Waals surface area contributed by atoms with Gasteiger partial charge in [0.25, 0.3) is 0 Å². The molecule has 3 spiro atoms. The van der Waals surface area contributed by atoms with E-state index in [1.54, 1.807) is 0 Å². The van der Waals surface area contributed by atoms with Crippen molar-refractivity contribution in [3.05, 3.63) is 24.3 Å². The molecular weight excluding hydrogens is 1040 g/mol. The van der Waals surface area contributed by atoms with Crippen molar-refractivity contribution >= 4 is 11.8 Å². The fraction of sp³-hybridized carbons (Fsp3) is 0.902. The van der Waals surface area contributed by atoms with E-state index < -0.39 is 66.2 Å². The van der Waals surface area contributed by atoms with Crippen molar-refractivity contribution in [2.45, 2.75) is 314 Å². The summed E-state index contributed by atoms with van der Waals surface area (Å²) in [5, 5.41) is 20.4. The Hall–Kier alpha value is -2.02. The Morgan fingerprint density at radius 2 is 1.20 bits per heavy atom. The second-order valence-corrected chi connectivity index (χ2v) is 27.7. The number of ketones is 1. The number of aliphatic hydroxyl groups excluding tert-OH is 2. The maximum Gasteiger partial charge on any atom is 0.308 e. The van der Waals surface area contributed by atoms with Crippen LogP contribution in [-0.2, 0) is 80.6 Å². The molecule has 0 aromatic carbocycles. The molecule has 16 fully saturated rings. The summed E-state index contributed by atoms with van der Waals surface area (Å²) in [6, 6.07) is 0. The third-order valence-corrected chi connectivity index (χ3v) is 22.0. The van der Waals surface area contributed by atoms with Crippen LogP contribution in [0.5, 0.6) is 0 Å². The van der Waals surface area contributed by atoms with E-state index >= 15 is 0 Å². The minimum atomic E-state index is -0.939. The quantitative estimate of drug-likeness (QED) is 0.262. The van der Waals surface area contributed by atoms with Crippen LogP contribution in [0, 0.1) is 23.7 Å². The number of aliphatic hydroxyl groups is 2. The molecule has 12 unspecified atom stereocenters. The van der Waals surface area contributed by atoms with Crippen LogP contribution in [0.1, 0.15) is 150 Å². The van der Waals surface area contributed by atoms with Gasteiger partial charge in [-0.15, -0.1) is 0 Å². The zero-order chi connectivity index (χ0) is 54.7. The number of ether oxygens (including phenoxy) is 15. The van der Waals surface area contributed by atoms with Crippen LogP contribution in [0.4, 0.5) is 0 Å². The molecule has 0 aromatic rings. The number of hydrogen-bond donors (Lipinski definition) is 2. The number of hydrogen-bond acceptors (Lipinski definition) is 19. The number of carbonyl (C=O) groups excluding carboxylic acids is 2. The third-order valence-electron chi connectivity index (χ3n) is 22.0. The normalized spacial score (nSPS) is 56.9. The van der Waals surface area contributed by atoms with E-state index in [0.717, 1.165) is 49.7 Å². The topological polar surface area (TPSA) is 213 Å². The van der Waals surface area contributed by atoms with E-state index in [1.807, 2.05) is 0 Å². The van der Waals surface area contributed by atoms with Gasteiger partial charge in [0.05, 0.1) is 116 Å². The molecule has 16 aliphatic heterocycles. The van der Waals surface area contributed by atoms with Gasteiger partial charge in [-0.3, -0.25) is 9.59 Å². The summed E-state index contributed by atoms with van der Waals surface area (Å²) < 4.78 is 104. The Balaban J connectivity index is 0.652. The number of fused-ring (bicyclic) bond motifs is 10. The highest BCUT2D eigenvalue weighted by Crippen LogP contribution is 2.58. The van der Waals surface area contributed by atoms with Gasteiger partial charge in [0, 0.05) is 83.2 Å². The first-order chi connectivity index (χ1) is 38.5. The van der Waals surface area contributed by atoms with Gasteiger partial charge in [-0.25, -0.2) is 0 Å². The van der Waals surface area contributed by atoms with Gasteiger partial charge >= 0.3 is 5.97 Å². The summed E-state index contributed by atoms with van der Waals surface area (Å²) in [6.07, 6.45) is 2.59. The molecule has 16 saturated heterocycles. The second kappa shape index (κ2) is 20.6. The molecule has 19 nitrogen and oxygen atoms in total. The molecule has 31 atom stereocenters. The average molecular weight is 1120 g/mol. The largest absolute Gasteiger partial charge is 0.459 e. The van der Waals surface area contributed by atoms with Crippen molar-refractivity contribution in [3.8, 4) is 0 Å². The molecule has 80 heavy (non-hydrogen) atoms. The SMILES string of the molecule is C=C1C[C@@H]2CC[C@@]34C[C@@H]5O[C@@H]6[C@@H](OC7CC[C@H](CC(=O)OC8C(C[C@H]9O[C@@H](CC[C@@H]1O2)C[C@@H](C)C9=C)OC1CC2O[C@]9(CC2OC1[C@@H]8C)CC1O[C@]2(C[C@H](C)C8O[C@H](CC(=O)CCO)[C@H](O)CC8O2)C[C@H](C)C1O9)OC7[C@@H]6O3)[C@H]5O4. The van der Waals surface area contributed by atoms with Gasteiger partial charge in [-0.2, -0.15) is 0 Å². The molecule has 2 N–H and O–H groups in total.